The van der Waals surface area contributed by atoms with Crippen molar-refractivity contribution in [3.8, 4) is 11.5 Å². The van der Waals surface area contributed by atoms with Crippen LogP contribution in [0, 0.1) is 0 Å². The first kappa shape index (κ1) is 33.6. The van der Waals surface area contributed by atoms with Crippen LogP contribution in [0.15, 0.2) is 72.0 Å². The highest BCUT2D eigenvalue weighted by Gasteiger charge is 2.59. The number of nitrogens with one attached hydrogen (secondary N) is 1. The van der Waals surface area contributed by atoms with Gasteiger partial charge in [-0.15, -0.1) is 0 Å². The molecule has 10 nitrogen and oxygen atoms in total. The molecule has 2 spiro atoms. The molecular formula is C38H45N5O5S. The number of methoxy groups -OCH3 is 2. The van der Waals surface area contributed by atoms with Gasteiger partial charge in [-0.05, 0) is 67.5 Å². The predicted molar refractivity (Wildman–Crippen MR) is 190 cm³/mol. The summed E-state index contributed by atoms with van der Waals surface area (Å²) in [6.07, 6.45) is 8.41. The average Bonchev–Trinajstić information content (AvgIpc) is 3.63. The van der Waals surface area contributed by atoms with Crippen molar-refractivity contribution in [1.29, 1.82) is 0 Å². The summed E-state index contributed by atoms with van der Waals surface area (Å²) < 4.78 is 30.2. The molecule has 1 saturated carbocycles. The van der Waals surface area contributed by atoms with Gasteiger partial charge < -0.3 is 33.9 Å². The van der Waals surface area contributed by atoms with E-state index in [2.05, 4.69) is 47.5 Å². The lowest BCUT2D eigenvalue weighted by Gasteiger charge is -2.51. The fourth-order valence-corrected chi connectivity index (χ4v) is 7.79. The van der Waals surface area contributed by atoms with Gasteiger partial charge in [-0.25, -0.2) is 15.0 Å². The third-order valence-corrected chi connectivity index (χ3v) is 10.5. The Bertz CT molecular complexity index is 1680. The van der Waals surface area contributed by atoms with Gasteiger partial charge in [0.25, 0.3) is 0 Å². The number of hydrogen-bond acceptors (Lipinski definition) is 11. The molecule has 258 valence electrons. The highest BCUT2D eigenvalue weighted by molar-refractivity contribution is 7.98. The number of rotatable bonds is 11. The van der Waals surface area contributed by atoms with Gasteiger partial charge in [-0.1, -0.05) is 48.5 Å². The molecule has 7 rings (SSSR count). The van der Waals surface area contributed by atoms with E-state index in [-0.39, 0.29) is 6.04 Å². The smallest absolute Gasteiger partial charge is 0.198 e. The Morgan fingerprint density at radius 1 is 0.878 bits per heavy atom. The molecule has 2 aromatic carbocycles. The molecule has 2 unspecified atom stereocenters. The predicted octanol–water partition coefficient (Wildman–Crippen LogP) is 7.12. The average molecular weight is 684 g/mol. The summed E-state index contributed by atoms with van der Waals surface area (Å²) in [6, 6.07) is 20.4. The zero-order valence-electron chi connectivity index (χ0n) is 28.7. The van der Waals surface area contributed by atoms with Crippen molar-refractivity contribution in [2.45, 2.75) is 81.3 Å². The number of thioether (sulfide) groups is 1. The quantitative estimate of drug-likeness (QED) is 0.129. The maximum absolute atomic E-state index is 6.78. The van der Waals surface area contributed by atoms with Crippen LogP contribution in [0.5, 0.6) is 11.5 Å². The maximum atomic E-state index is 6.78. The number of aromatic nitrogens is 3. The Balaban J connectivity index is 1.19. The number of benzene rings is 2. The Morgan fingerprint density at radius 3 is 2.16 bits per heavy atom. The van der Waals surface area contributed by atoms with Crippen molar-refractivity contribution in [3.05, 3.63) is 94.8 Å². The van der Waals surface area contributed by atoms with Gasteiger partial charge in [0, 0.05) is 43.3 Å². The molecule has 0 bridgehead atoms. The van der Waals surface area contributed by atoms with Crippen LogP contribution in [0.1, 0.15) is 66.6 Å². The molecule has 2 aromatic heterocycles. The van der Waals surface area contributed by atoms with Crippen molar-refractivity contribution in [1.82, 2.24) is 15.0 Å². The van der Waals surface area contributed by atoms with E-state index >= 15 is 0 Å². The number of pyridine rings is 1. The molecule has 11 heteroatoms. The fraction of sp³-hybridized carbons (Fsp3) is 0.447. The lowest BCUT2D eigenvalue weighted by Crippen LogP contribution is -2.61. The summed E-state index contributed by atoms with van der Waals surface area (Å²) in [6.45, 7) is 5.08. The number of fused-ring (bicyclic) bond motifs is 2. The van der Waals surface area contributed by atoms with Gasteiger partial charge in [0.1, 0.15) is 28.7 Å². The number of hydrogen-bond donors (Lipinski definition) is 1. The van der Waals surface area contributed by atoms with Crippen molar-refractivity contribution in [2.24, 2.45) is 0 Å². The standard InChI is InChI=1S/C38H45N5O5S/c1-26(40-34-32-25-48-37(22-33(32)41-36(42-34)49-4)17-5-6-18-38(37)46-20-21-47-38)31-8-7-19-39-35(31)43(23-27-9-13-29(44-2)14-10-27)24-28-11-15-30(45-3)16-12-28/h7-16,19,26H,5-6,17-18,20-25H2,1-4H3,(H,40,41,42). The van der Waals surface area contributed by atoms with Crippen LogP contribution in [-0.2, 0) is 40.3 Å². The van der Waals surface area contributed by atoms with E-state index in [1.54, 1.807) is 26.0 Å². The second-order valence-electron chi connectivity index (χ2n) is 12.9. The minimum Gasteiger partial charge on any atom is -0.497 e. The highest BCUT2D eigenvalue weighted by Crippen LogP contribution is 2.50. The zero-order chi connectivity index (χ0) is 33.8. The van der Waals surface area contributed by atoms with Crippen LogP contribution < -0.4 is 19.7 Å². The number of nitrogens with zero attached hydrogens (tertiary/aromatic N) is 4. The monoisotopic (exact) mass is 683 g/mol. The Labute approximate surface area is 292 Å². The van der Waals surface area contributed by atoms with E-state index in [4.69, 9.17) is 38.6 Å². The van der Waals surface area contributed by atoms with Gasteiger partial charge in [-0.2, -0.15) is 0 Å². The van der Waals surface area contributed by atoms with E-state index in [1.807, 2.05) is 42.8 Å². The third-order valence-electron chi connectivity index (χ3n) is 9.99. The van der Waals surface area contributed by atoms with Crippen LogP contribution in [0.25, 0.3) is 0 Å². The second kappa shape index (κ2) is 14.5. The fourth-order valence-electron chi connectivity index (χ4n) is 7.40. The van der Waals surface area contributed by atoms with E-state index in [1.165, 1.54) is 0 Å². The topological polar surface area (TPSA) is 100 Å². The molecule has 4 heterocycles. The van der Waals surface area contributed by atoms with Crippen LogP contribution in [0.3, 0.4) is 0 Å². The normalized spacial score (nSPS) is 20.2. The molecule has 2 fully saturated rings. The Hall–Kier alpha value is -3.90. The van der Waals surface area contributed by atoms with Crippen LogP contribution in [0.4, 0.5) is 11.6 Å². The van der Waals surface area contributed by atoms with Crippen LogP contribution >= 0.6 is 11.8 Å². The molecule has 1 saturated heterocycles. The summed E-state index contributed by atoms with van der Waals surface area (Å²) in [5.74, 6) is 2.65. The molecule has 4 aromatic rings. The Kier molecular flexibility index (Phi) is 9.96. The minimum absolute atomic E-state index is 0.120. The zero-order valence-corrected chi connectivity index (χ0v) is 29.6. The van der Waals surface area contributed by atoms with Crippen LogP contribution in [-0.4, -0.2) is 60.0 Å². The number of ether oxygens (including phenoxy) is 5. The SMILES string of the molecule is COc1ccc(CN(Cc2ccc(OC)cc2)c2ncccc2C(C)Nc2nc(SC)nc3c2COC2(CCCCC24OCCO4)C3)cc1. The highest BCUT2D eigenvalue weighted by atomic mass is 32.2. The summed E-state index contributed by atoms with van der Waals surface area (Å²) >= 11 is 1.55. The van der Waals surface area contributed by atoms with Crippen molar-refractivity contribution >= 4 is 23.4 Å². The van der Waals surface area contributed by atoms with Crippen molar-refractivity contribution in [3.63, 3.8) is 0 Å². The largest absolute Gasteiger partial charge is 0.497 e. The van der Waals surface area contributed by atoms with E-state index in [9.17, 15) is 0 Å². The molecule has 1 N–H and O–H groups in total. The first-order valence-corrected chi connectivity index (χ1v) is 18.3. The minimum atomic E-state index is -0.698. The lowest BCUT2D eigenvalue weighted by molar-refractivity contribution is -0.308. The summed E-state index contributed by atoms with van der Waals surface area (Å²) in [5, 5.41) is 4.49. The lowest BCUT2D eigenvalue weighted by atomic mass is 9.74. The molecule has 3 aliphatic rings. The molecular weight excluding hydrogens is 639 g/mol. The molecule has 49 heavy (non-hydrogen) atoms. The van der Waals surface area contributed by atoms with Gasteiger partial charge in [-0.3, -0.25) is 0 Å². The second-order valence-corrected chi connectivity index (χ2v) is 13.7. The van der Waals surface area contributed by atoms with Gasteiger partial charge >= 0.3 is 0 Å². The van der Waals surface area contributed by atoms with E-state index in [0.717, 1.165) is 81.9 Å². The van der Waals surface area contributed by atoms with Crippen molar-refractivity contribution < 1.29 is 23.7 Å². The molecule has 0 amide bonds. The molecule has 2 atom stereocenters. The summed E-state index contributed by atoms with van der Waals surface area (Å²) in [5.41, 5.74) is 4.84. The van der Waals surface area contributed by atoms with Gasteiger partial charge in [0.2, 0.25) is 0 Å². The first-order chi connectivity index (χ1) is 23.9. The number of anilines is 2. The van der Waals surface area contributed by atoms with Gasteiger partial charge in [0.05, 0.1) is 45.8 Å². The molecule has 2 aliphatic heterocycles. The third kappa shape index (κ3) is 6.81. The summed E-state index contributed by atoms with van der Waals surface area (Å²) in [4.78, 5) is 17.3. The maximum Gasteiger partial charge on any atom is 0.198 e. The first-order valence-electron chi connectivity index (χ1n) is 17.0. The molecule has 0 radical (unpaired) electrons. The van der Waals surface area contributed by atoms with Gasteiger partial charge in [0.15, 0.2) is 10.9 Å². The van der Waals surface area contributed by atoms with Crippen LogP contribution in [0.2, 0.25) is 0 Å². The van der Waals surface area contributed by atoms with Crippen molar-refractivity contribution in [2.75, 3.05) is 43.9 Å². The van der Waals surface area contributed by atoms with E-state index < -0.39 is 11.4 Å². The molecule has 1 aliphatic carbocycles. The Morgan fingerprint density at radius 2 is 1.53 bits per heavy atom. The summed E-state index contributed by atoms with van der Waals surface area (Å²) in [7, 11) is 3.37. The van der Waals surface area contributed by atoms with E-state index in [0.29, 0.717) is 39.3 Å².